The monoisotopic (exact) mass is 428 g/mol. The summed E-state index contributed by atoms with van der Waals surface area (Å²) in [7, 11) is 1.58. The Morgan fingerprint density at radius 3 is 2.43 bits per heavy atom. The van der Waals surface area contributed by atoms with Crippen molar-refractivity contribution in [3.8, 4) is 11.4 Å². The molecule has 7 heteroatoms. The molecule has 3 aromatic rings. The van der Waals surface area contributed by atoms with Gasteiger partial charge in [-0.05, 0) is 42.7 Å². The molecule has 30 heavy (non-hydrogen) atoms. The van der Waals surface area contributed by atoms with Gasteiger partial charge in [0.05, 0.1) is 19.4 Å². The van der Waals surface area contributed by atoms with Gasteiger partial charge in [0.15, 0.2) is 5.69 Å². The van der Waals surface area contributed by atoms with Crippen LogP contribution in [0.25, 0.3) is 5.69 Å². The lowest BCUT2D eigenvalue weighted by molar-refractivity contribution is 0.0513. The maximum absolute atomic E-state index is 12.8. The molecule has 2 aromatic carbocycles. The predicted molar refractivity (Wildman–Crippen MR) is 116 cm³/mol. The molecule has 158 valence electrons. The molecule has 1 atom stereocenters. The van der Waals surface area contributed by atoms with Crippen molar-refractivity contribution in [2.24, 2.45) is 0 Å². The first kappa shape index (κ1) is 21.9. The highest BCUT2D eigenvalue weighted by Gasteiger charge is 2.32. The third-order valence-electron chi connectivity index (χ3n) is 4.75. The lowest BCUT2D eigenvalue weighted by atomic mass is 9.94. The summed E-state index contributed by atoms with van der Waals surface area (Å²) in [5.41, 5.74) is 2.46. The molecule has 6 nitrogen and oxygen atoms in total. The van der Waals surface area contributed by atoms with Crippen LogP contribution >= 0.6 is 11.6 Å². The van der Waals surface area contributed by atoms with Crippen LogP contribution in [-0.2, 0) is 4.74 Å². The molecule has 0 radical (unpaired) electrons. The molecule has 0 saturated carbocycles. The Bertz CT molecular complexity index is 1030. The number of aliphatic hydroxyl groups is 1. The summed E-state index contributed by atoms with van der Waals surface area (Å²) in [6, 6.07) is 14.2. The van der Waals surface area contributed by atoms with E-state index in [1.807, 2.05) is 38.1 Å². The zero-order chi connectivity index (χ0) is 21.8. The van der Waals surface area contributed by atoms with Crippen molar-refractivity contribution in [2.45, 2.75) is 32.8 Å². The number of halogens is 1. The number of nitrogens with zero attached hydrogens (tertiary/aromatic N) is 2. The summed E-state index contributed by atoms with van der Waals surface area (Å²) in [5.74, 6) is -0.0385. The zero-order valence-corrected chi connectivity index (χ0v) is 18.2. The van der Waals surface area contributed by atoms with Crippen LogP contribution in [0, 0.1) is 0 Å². The first-order valence-corrected chi connectivity index (χ1v) is 10.1. The van der Waals surface area contributed by atoms with Crippen LogP contribution < -0.4 is 4.74 Å². The van der Waals surface area contributed by atoms with E-state index in [0.29, 0.717) is 33.3 Å². The fraction of sp³-hybridized carbons (Fsp3) is 0.304. The Morgan fingerprint density at radius 1 is 1.17 bits per heavy atom. The van der Waals surface area contributed by atoms with E-state index < -0.39 is 12.1 Å². The Morgan fingerprint density at radius 2 is 1.83 bits per heavy atom. The average molecular weight is 429 g/mol. The van der Waals surface area contributed by atoms with Crippen molar-refractivity contribution in [3.63, 3.8) is 0 Å². The van der Waals surface area contributed by atoms with E-state index in [4.69, 9.17) is 21.1 Å². The van der Waals surface area contributed by atoms with Crippen LogP contribution in [0.2, 0.25) is 5.02 Å². The van der Waals surface area contributed by atoms with Crippen LogP contribution in [0.15, 0.2) is 48.5 Å². The minimum Gasteiger partial charge on any atom is -0.494 e. The number of aromatic nitrogens is 2. The van der Waals surface area contributed by atoms with Gasteiger partial charge in [0.1, 0.15) is 17.5 Å². The van der Waals surface area contributed by atoms with Crippen molar-refractivity contribution in [3.05, 3.63) is 76.1 Å². The lowest BCUT2D eigenvalue weighted by Crippen LogP contribution is -2.12. The Labute approximate surface area is 181 Å². The zero-order valence-electron chi connectivity index (χ0n) is 17.4. The Kier molecular flexibility index (Phi) is 6.80. The number of esters is 1. The molecule has 0 saturated heterocycles. The standard InChI is InChI=1S/C23H25ClN2O4/c1-5-30-23(28)20-19(22(27)15-10-12-16(24)13-11-15)21(14(2)3)26(25-20)17-8-6-7-9-18(17)29-4/h6-14,22,27H,5H2,1-4H3. The maximum atomic E-state index is 12.8. The second-order valence-corrected chi connectivity index (χ2v) is 7.50. The Hall–Kier alpha value is -2.83. The van der Waals surface area contributed by atoms with Crippen LogP contribution in [0.5, 0.6) is 5.75 Å². The number of aliphatic hydroxyl groups excluding tert-OH is 1. The Balaban J connectivity index is 2.29. The second-order valence-electron chi connectivity index (χ2n) is 7.06. The summed E-state index contributed by atoms with van der Waals surface area (Å²) < 4.78 is 12.4. The molecule has 0 amide bonds. The topological polar surface area (TPSA) is 73.6 Å². The number of carbonyl (C=O) groups excluding carboxylic acids is 1. The first-order chi connectivity index (χ1) is 14.4. The molecule has 1 unspecified atom stereocenters. The summed E-state index contributed by atoms with van der Waals surface area (Å²) in [5, 5.41) is 16.4. The maximum Gasteiger partial charge on any atom is 0.359 e. The lowest BCUT2D eigenvalue weighted by Gasteiger charge is -2.18. The van der Waals surface area contributed by atoms with E-state index >= 15 is 0 Å². The van der Waals surface area contributed by atoms with Crippen LogP contribution in [0.4, 0.5) is 0 Å². The van der Waals surface area contributed by atoms with E-state index in [1.54, 1.807) is 43.0 Å². The number of methoxy groups -OCH3 is 1. The number of ether oxygens (including phenoxy) is 2. The van der Waals surface area contributed by atoms with E-state index in [9.17, 15) is 9.90 Å². The van der Waals surface area contributed by atoms with Gasteiger partial charge in [0.25, 0.3) is 0 Å². The van der Waals surface area contributed by atoms with Gasteiger partial charge in [-0.25, -0.2) is 9.48 Å². The van der Waals surface area contributed by atoms with E-state index in [0.717, 1.165) is 0 Å². The summed E-state index contributed by atoms with van der Waals surface area (Å²) in [6.07, 6.45) is -1.08. The van der Waals surface area contributed by atoms with Gasteiger partial charge >= 0.3 is 5.97 Å². The van der Waals surface area contributed by atoms with Crippen molar-refractivity contribution >= 4 is 17.6 Å². The normalized spacial score (nSPS) is 12.1. The third-order valence-corrected chi connectivity index (χ3v) is 5.00. The van der Waals surface area contributed by atoms with Crippen molar-refractivity contribution < 1.29 is 19.4 Å². The van der Waals surface area contributed by atoms with Gasteiger partial charge in [-0.15, -0.1) is 0 Å². The first-order valence-electron chi connectivity index (χ1n) is 9.75. The highest BCUT2D eigenvalue weighted by atomic mass is 35.5. The average Bonchev–Trinajstić information content (AvgIpc) is 3.14. The second kappa shape index (κ2) is 9.32. The minimum absolute atomic E-state index is 0.0532. The molecule has 0 aliphatic heterocycles. The molecule has 1 heterocycles. The molecule has 0 fully saturated rings. The van der Waals surface area contributed by atoms with Crippen LogP contribution in [-0.4, -0.2) is 34.6 Å². The van der Waals surface area contributed by atoms with E-state index in [2.05, 4.69) is 5.10 Å². The molecule has 0 aliphatic rings. The molecule has 3 rings (SSSR count). The summed E-state index contributed by atoms with van der Waals surface area (Å²) in [6.45, 7) is 5.90. The molecule has 0 bridgehead atoms. The quantitative estimate of drug-likeness (QED) is 0.541. The van der Waals surface area contributed by atoms with Gasteiger partial charge in [0, 0.05) is 10.6 Å². The molecule has 0 aliphatic carbocycles. The summed E-state index contributed by atoms with van der Waals surface area (Å²) in [4.78, 5) is 12.8. The molecule has 0 spiro atoms. The van der Waals surface area contributed by atoms with Crippen LogP contribution in [0.1, 0.15) is 60.1 Å². The van der Waals surface area contributed by atoms with Gasteiger partial charge in [-0.1, -0.05) is 49.7 Å². The van der Waals surface area contributed by atoms with Gasteiger partial charge in [-0.2, -0.15) is 5.10 Å². The highest BCUT2D eigenvalue weighted by molar-refractivity contribution is 6.30. The molecular weight excluding hydrogens is 404 g/mol. The SMILES string of the molecule is CCOC(=O)c1nn(-c2ccccc2OC)c(C(C)C)c1C(O)c1ccc(Cl)cc1. The number of benzene rings is 2. The van der Waals surface area contributed by atoms with Gasteiger partial charge in [-0.3, -0.25) is 0 Å². The third kappa shape index (κ3) is 4.20. The minimum atomic E-state index is -1.08. The fourth-order valence-electron chi connectivity index (χ4n) is 3.42. The highest BCUT2D eigenvalue weighted by Crippen LogP contribution is 2.36. The van der Waals surface area contributed by atoms with E-state index in [-0.39, 0.29) is 18.2 Å². The predicted octanol–water partition coefficient (Wildman–Crippen LogP) is 4.92. The molecular formula is C23H25ClN2O4. The molecule has 1 N–H and O–H groups in total. The number of hydrogen-bond acceptors (Lipinski definition) is 5. The number of carbonyl (C=O) groups is 1. The fourth-order valence-corrected chi connectivity index (χ4v) is 3.54. The van der Waals surface area contributed by atoms with E-state index in [1.165, 1.54) is 0 Å². The smallest absolute Gasteiger partial charge is 0.359 e. The van der Waals surface area contributed by atoms with Gasteiger partial charge < -0.3 is 14.6 Å². The largest absolute Gasteiger partial charge is 0.494 e. The number of para-hydroxylation sites is 2. The van der Waals surface area contributed by atoms with Gasteiger partial charge in [0.2, 0.25) is 0 Å². The summed E-state index contributed by atoms with van der Waals surface area (Å²) >= 11 is 6.00. The number of hydrogen-bond donors (Lipinski definition) is 1. The van der Waals surface area contributed by atoms with Crippen molar-refractivity contribution in [1.82, 2.24) is 9.78 Å². The molecule has 1 aromatic heterocycles. The van der Waals surface area contributed by atoms with Crippen molar-refractivity contribution in [2.75, 3.05) is 13.7 Å². The van der Waals surface area contributed by atoms with Crippen LogP contribution in [0.3, 0.4) is 0 Å². The number of rotatable bonds is 7. The van der Waals surface area contributed by atoms with Crippen molar-refractivity contribution in [1.29, 1.82) is 0 Å².